The Labute approximate surface area is 178 Å². The summed E-state index contributed by atoms with van der Waals surface area (Å²) in [4.78, 5) is 14.7. The second kappa shape index (κ2) is 9.37. The van der Waals surface area contributed by atoms with Crippen molar-refractivity contribution in [2.24, 2.45) is 0 Å². The van der Waals surface area contributed by atoms with Crippen LogP contribution in [0.4, 0.5) is 0 Å². The molecule has 0 spiro atoms. The van der Waals surface area contributed by atoms with Crippen molar-refractivity contribution in [3.63, 3.8) is 0 Å². The lowest BCUT2D eigenvalue weighted by atomic mass is 9.84. The molecule has 1 heterocycles. The molecule has 0 bridgehead atoms. The summed E-state index contributed by atoms with van der Waals surface area (Å²) in [5.41, 5.74) is 5.14. The van der Waals surface area contributed by atoms with E-state index < -0.39 is 10.7 Å². The Balaban J connectivity index is 1.95. The maximum Gasteiger partial charge on any atom is 0.294 e. The van der Waals surface area contributed by atoms with Gasteiger partial charge in [-0.2, -0.15) is 0 Å². The summed E-state index contributed by atoms with van der Waals surface area (Å²) in [5, 5.41) is 9.58. The summed E-state index contributed by atoms with van der Waals surface area (Å²) >= 11 is 0. The smallest absolute Gasteiger partial charge is 0.294 e. The van der Waals surface area contributed by atoms with Crippen LogP contribution >= 0.6 is 0 Å². The fourth-order valence-electron chi connectivity index (χ4n) is 3.93. The minimum Gasteiger partial charge on any atom is -0.493 e. The van der Waals surface area contributed by atoms with E-state index in [2.05, 4.69) is 62.9 Å². The van der Waals surface area contributed by atoms with Gasteiger partial charge in [-0.05, 0) is 56.9 Å². The lowest BCUT2D eigenvalue weighted by Crippen LogP contribution is -2.29. The lowest BCUT2D eigenvalue weighted by molar-refractivity contribution is -0.757. The van der Waals surface area contributed by atoms with E-state index in [0.29, 0.717) is 13.0 Å². The third-order valence-corrected chi connectivity index (χ3v) is 5.40. The SMILES string of the molecule is CCCCCc1cc(OCCCO[N+](=O)[O-])c2c(c1)OC(C)(C)c1ccc(C)cc1-2. The Morgan fingerprint density at radius 2 is 1.90 bits per heavy atom. The molecule has 2 aromatic carbocycles. The van der Waals surface area contributed by atoms with Gasteiger partial charge in [0.15, 0.2) is 0 Å². The van der Waals surface area contributed by atoms with Crippen LogP contribution in [-0.2, 0) is 16.9 Å². The van der Waals surface area contributed by atoms with E-state index in [9.17, 15) is 10.1 Å². The normalized spacial score (nSPS) is 13.7. The first-order chi connectivity index (χ1) is 14.3. The fraction of sp³-hybridized carbons (Fsp3) is 0.500. The minimum atomic E-state index is -0.773. The molecule has 0 atom stereocenters. The van der Waals surface area contributed by atoms with Crippen molar-refractivity contribution in [1.29, 1.82) is 0 Å². The molecule has 162 valence electrons. The van der Waals surface area contributed by atoms with Crippen LogP contribution in [0.2, 0.25) is 0 Å². The molecule has 0 N–H and O–H groups in total. The predicted octanol–water partition coefficient (Wildman–Crippen LogP) is 6.00. The standard InChI is InChI=1S/C24H31NO5/c1-5-6-7-9-18-15-21(28-12-8-13-29-25(26)27)23-19-14-17(2)10-11-20(19)24(3,4)30-22(23)16-18/h10-11,14-16H,5-9,12-13H2,1-4H3. The van der Waals surface area contributed by atoms with Crippen LogP contribution in [0.1, 0.15) is 63.1 Å². The van der Waals surface area contributed by atoms with Gasteiger partial charge in [0.25, 0.3) is 5.09 Å². The number of fused-ring (bicyclic) bond motifs is 3. The number of aryl methyl sites for hydroxylation is 2. The number of nitrogens with zero attached hydrogens (tertiary/aromatic N) is 1. The van der Waals surface area contributed by atoms with Gasteiger partial charge in [-0.3, -0.25) is 0 Å². The third kappa shape index (κ3) is 5.04. The van der Waals surface area contributed by atoms with E-state index in [1.54, 1.807) is 0 Å². The molecule has 30 heavy (non-hydrogen) atoms. The van der Waals surface area contributed by atoms with E-state index in [1.165, 1.54) is 24.0 Å². The monoisotopic (exact) mass is 413 g/mol. The van der Waals surface area contributed by atoms with Crippen molar-refractivity contribution < 1.29 is 19.4 Å². The highest BCUT2D eigenvalue weighted by Crippen LogP contribution is 2.50. The lowest BCUT2D eigenvalue weighted by Gasteiger charge is -2.36. The molecule has 0 unspecified atom stereocenters. The maximum atomic E-state index is 10.3. The average molecular weight is 414 g/mol. The highest BCUT2D eigenvalue weighted by atomic mass is 16.9. The van der Waals surface area contributed by atoms with Crippen LogP contribution in [0.5, 0.6) is 11.5 Å². The number of unbranched alkanes of at least 4 members (excludes halogenated alkanes) is 2. The first kappa shape index (κ1) is 21.9. The van der Waals surface area contributed by atoms with Gasteiger partial charge in [-0.1, -0.05) is 43.5 Å². The Kier molecular flexibility index (Phi) is 6.85. The Hall–Kier alpha value is -2.76. The van der Waals surface area contributed by atoms with E-state index >= 15 is 0 Å². The Bertz CT molecular complexity index is 907. The second-order valence-corrected chi connectivity index (χ2v) is 8.34. The van der Waals surface area contributed by atoms with Gasteiger partial charge < -0.3 is 14.3 Å². The van der Waals surface area contributed by atoms with Gasteiger partial charge in [0.05, 0.1) is 18.8 Å². The minimum absolute atomic E-state index is 0.0185. The third-order valence-electron chi connectivity index (χ3n) is 5.40. The van der Waals surface area contributed by atoms with Crippen LogP contribution in [0.15, 0.2) is 30.3 Å². The fourth-order valence-corrected chi connectivity index (χ4v) is 3.93. The van der Waals surface area contributed by atoms with Crippen LogP contribution in [-0.4, -0.2) is 18.3 Å². The molecule has 0 aromatic heterocycles. The molecule has 6 nitrogen and oxygen atoms in total. The number of hydrogen-bond donors (Lipinski definition) is 0. The number of hydrogen-bond acceptors (Lipinski definition) is 5. The molecular weight excluding hydrogens is 382 g/mol. The zero-order valence-corrected chi connectivity index (χ0v) is 18.3. The molecular formula is C24H31NO5. The molecule has 0 aliphatic carbocycles. The molecule has 0 saturated heterocycles. The summed E-state index contributed by atoms with van der Waals surface area (Å²) < 4.78 is 12.6. The van der Waals surface area contributed by atoms with Crippen molar-refractivity contribution in [1.82, 2.24) is 0 Å². The molecule has 0 amide bonds. The molecule has 0 saturated carbocycles. The topological polar surface area (TPSA) is 70.8 Å². The molecule has 0 radical (unpaired) electrons. The average Bonchev–Trinajstić information content (AvgIpc) is 2.66. The number of benzene rings is 2. The van der Waals surface area contributed by atoms with Crippen LogP contribution in [0.25, 0.3) is 11.1 Å². The molecule has 2 aromatic rings. The predicted molar refractivity (Wildman–Crippen MR) is 117 cm³/mol. The quantitative estimate of drug-likeness (QED) is 0.271. The summed E-state index contributed by atoms with van der Waals surface area (Å²) in [6, 6.07) is 10.6. The van der Waals surface area contributed by atoms with Crippen molar-refractivity contribution in [2.45, 2.75) is 65.4 Å². The molecule has 1 aliphatic heterocycles. The van der Waals surface area contributed by atoms with Crippen molar-refractivity contribution in [3.8, 4) is 22.6 Å². The number of rotatable bonds is 10. The molecule has 1 aliphatic rings. The molecule has 6 heteroatoms. The summed E-state index contributed by atoms with van der Waals surface area (Å²) in [7, 11) is 0. The van der Waals surface area contributed by atoms with Gasteiger partial charge in [-0.25, -0.2) is 0 Å². The van der Waals surface area contributed by atoms with Crippen molar-refractivity contribution >= 4 is 0 Å². The zero-order chi connectivity index (χ0) is 21.7. The van der Waals surface area contributed by atoms with Gasteiger partial charge >= 0.3 is 0 Å². The van der Waals surface area contributed by atoms with Gasteiger partial charge in [0.2, 0.25) is 0 Å². The first-order valence-electron chi connectivity index (χ1n) is 10.7. The second-order valence-electron chi connectivity index (χ2n) is 8.34. The highest BCUT2D eigenvalue weighted by molar-refractivity contribution is 5.82. The maximum absolute atomic E-state index is 10.3. The Morgan fingerprint density at radius 3 is 2.63 bits per heavy atom. The van der Waals surface area contributed by atoms with E-state index in [-0.39, 0.29) is 6.61 Å². The Morgan fingerprint density at radius 1 is 1.10 bits per heavy atom. The first-order valence-corrected chi connectivity index (χ1v) is 10.7. The van der Waals surface area contributed by atoms with Crippen LogP contribution in [0.3, 0.4) is 0 Å². The summed E-state index contributed by atoms with van der Waals surface area (Å²) in [6.07, 6.45) is 4.86. The zero-order valence-electron chi connectivity index (χ0n) is 18.3. The van der Waals surface area contributed by atoms with Gasteiger partial charge in [0.1, 0.15) is 17.1 Å². The van der Waals surface area contributed by atoms with Crippen LogP contribution in [0, 0.1) is 17.0 Å². The summed E-state index contributed by atoms with van der Waals surface area (Å²) in [6.45, 7) is 8.80. The van der Waals surface area contributed by atoms with Crippen LogP contribution < -0.4 is 9.47 Å². The van der Waals surface area contributed by atoms with Gasteiger partial charge in [0, 0.05) is 12.0 Å². The van der Waals surface area contributed by atoms with Crippen molar-refractivity contribution in [2.75, 3.05) is 13.2 Å². The largest absolute Gasteiger partial charge is 0.493 e. The highest BCUT2D eigenvalue weighted by Gasteiger charge is 2.34. The van der Waals surface area contributed by atoms with E-state index in [4.69, 9.17) is 9.47 Å². The molecule has 0 fully saturated rings. The van der Waals surface area contributed by atoms with Crippen molar-refractivity contribution in [3.05, 3.63) is 57.1 Å². The number of ether oxygens (including phenoxy) is 2. The van der Waals surface area contributed by atoms with E-state index in [1.807, 2.05) is 0 Å². The summed E-state index contributed by atoms with van der Waals surface area (Å²) in [5.74, 6) is 1.60. The molecule has 3 rings (SSSR count). The van der Waals surface area contributed by atoms with Gasteiger partial charge in [-0.15, -0.1) is 10.1 Å². The van der Waals surface area contributed by atoms with E-state index in [0.717, 1.165) is 41.0 Å².